The minimum atomic E-state index is 0.0884. The molecule has 0 heterocycles. The van der Waals surface area contributed by atoms with Gasteiger partial charge < -0.3 is 10.1 Å². The average molecular weight is 187 g/mol. The lowest BCUT2D eigenvalue weighted by molar-refractivity contribution is -0.122. The number of carbonyl (C=O) groups is 1. The molecule has 0 aromatic carbocycles. The highest BCUT2D eigenvalue weighted by Crippen LogP contribution is 1.99. The second-order valence-electron chi connectivity index (χ2n) is 3.35. The molecule has 0 fully saturated rings. The molecule has 1 unspecified atom stereocenters. The van der Waals surface area contributed by atoms with Crippen LogP contribution in [0, 0.1) is 0 Å². The molecule has 0 radical (unpaired) electrons. The third-order valence-corrected chi connectivity index (χ3v) is 1.93. The van der Waals surface area contributed by atoms with Gasteiger partial charge >= 0.3 is 0 Å². The second-order valence-corrected chi connectivity index (χ2v) is 3.35. The summed E-state index contributed by atoms with van der Waals surface area (Å²) in [4.78, 5) is 11.2. The quantitative estimate of drug-likeness (QED) is 0.659. The average Bonchev–Trinajstić information content (AvgIpc) is 2.11. The Morgan fingerprint density at radius 2 is 2.23 bits per heavy atom. The topological polar surface area (TPSA) is 38.3 Å². The van der Waals surface area contributed by atoms with E-state index in [0.29, 0.717) is 19.1 Å². The van der Waals surface area contributed by atoms with Gasteiger partial charge in [-0.1, -0.05) is 19.8 Å². The van der Waals surface area contributed by atoms with Gasteiger partial charge in [-0.3, -0.25) is 4.79 Å². The molecule has 0 aliphatic rings. The molecule has 0 saturated heterocycles. The Labute approximate surface area is 80.8 Å². The van der Waals surface area contributed by atoms with E-state index in [1.165, 1.54) is 12.8 Å². The van der Waals surface area contributed by atoms with Crippen LogP contribution in [-0.4, -0.2) is 25.7 Å². The van der Waals surface area contributed by atoms with Crippen LogP contribution in [0.15, 0.2) is 0 Å². The molecule has 3 heteroatoms. The van der Waals surface area contributed by atoms with Gasteiger partial charge in [0.05, 0.1) is 6.61 Å². The van der Waals surface area contributed by atoms with Crippen molar-refractivity contribution in [1.82, 2.24) is 5.32 Å². The summed E-state index contributed by atoms with van der Waals surface area (Å²) in [5.74, 6) is 0.0884. The lowest BCUT2D eigenvalue weighted by Gasteiger charge is -2.12. The summed E-state index contributed by atoms with van der Waals surface area (Å²) in [6.45, 7) is 4.70. The minimum Gasteiger partial charge on any atom is -0.384 e. The summed E-state index contributed by atoms with van der Waals surface area (Å²) in [5.41, 5.74) is 0. The smallest absolute Gasteiger partial charge is 0.222 e. The zero-order valence-electron chi connectivity index (χ0n) is 8.93. The molecule has 0 spiro atoms. The van der Waals surface area contributed by atoms with Crippen molar-refractivity contribution < 1.29 is 9.53 Å². The standard InChI is InChI=1S/C10H21NO2/c1-4-5-6-9(2)11-10(12)7-8-13-3/h9H,4-8H2,1-3H3,(H,11,12). The summed E-state index contributed by atoms with van der Waals surface area (Å²) < 4.78 is 4.81. The SMILES string of the molecule is CCCCC(C)NC(=O)CCOC. The van der Waals surface area contributed by atoms with Gasteiger partial charge in [-0.2, -0.15) is 0 Å². The van der Waals surface area contributed by atoms with Crippen LogP contribution in [-0.2, 0) is 9.53 Å². The molecule has 0 aliphatic heterocycles. The third kappa shape index (κ3) is 7.78. The van der Waals surface area contributed by atoms with Gasteiger partial charge in [0.1, 0.15) is 0 Å². The first kappa shape index (κ1) is 12.4. The lowest BCUT2D eigenvalue weighted by Crippen LogP contribution is -2.32. The van der Waals surface area contributed by atoms with Crippen LogP contribution < -0.4 is 5.32 Å². The predicted octanol–water partition coefficient (Wildman–Crippen LogP) is 1.72. The maximum absolute atomic E-state index is 11.2. The van der Waals surface area contributed by atoms with Crippen molar-refractivity contribution >= 4 is 5.91 Å². The van der Waals surface area contributed by atoms with E-state index in [0.717, 1.165) is 6.42 Å². The van der Waals surface area contributed by atoms with Gasteiger partial charge in [0.25, 0.3) is 0 Å². The monoisotopic (exact) mass is 187 g/mol. The molecular formula is C10H21NO2. The Balaban J connectivity index is 3.41. The summed E-state index contributed by atoms with van der Waals surface area (Å²) in [7, 11) is 1.60. The van der Waals surface area contributed by atoms with E-state index in [4.69, 9.17) is 4.74 Å². The van der Waals surface area contributed by atoms with E-state index >= 15 is 0 Å². The summed E-state index contributed by atoms with van der Waals surface area (Å²) in [6, 6.07) is 0.296. The van der Waals surface area contributed by atoms with Crippen LogP contribution in [0.3, 0.4) is 0 Å². The van der Waals surface area contributed by atoms with Crippen LogP contribution in [0.4, 0.5) is 0 Å². The highest BCUT2D eigenvalue weighted by atomic mass is 16.5. The van der Waals surface area contributed by atoms with Crippen molar-refractivity contribution in [2.24, 2.45) is 0 Å². The number of carbonyl (C=O) groups excluding carboxylic acids is 1. The minimum absolute atomic E-state index is 0.0884. The molecule has 0 bridgehead atoms. The second kappa shape index (κ2) is 8.05. The number of amides is 1. The Morgan fingerprint density at radius 3 is 2.77 bits per heavy atom. The Hall–Kier alpha value is -0.570. The van der Waals surface area contributed by atoms with E-state index in [2.05, 4.69) is 12.2 Å². The molecule has 1 atom stereocenters. The van der Waals surface area contributed by atoms with Crippen LogP contribution in [0.25, 0.3) is 0 Å². The first-order chi connectivity index (χ1) is 6.20. The van der Waals surface area contributed by atoms with Crippen molar-refractivity contribution in [3.63, 3.8) is 0 Å². The van der Waals surface area contributed by atoms with Gasteiger partial charge in [-0.05, 0) is 13.3 Å². The van der Waals surface area contributed by atoms with Crippen LogP contribution in [0.1, 0.15) is 39.5 Å². The van der Waals surface area contributed by atoms with E-state index in [1.54, 1.807) is 7.11 Å². The molecule has 1 amide bonds. The van der Waals surface area contributed by atoms with Crippen molar-refractivity contribution in [2.45, 2.75) is 45.6 Å². The molecule has 13 heavy (non-hydrogen) atoms. The number of unbranched alkanes of at least 4 members (excludes halogenated alkanes) is 1. The first-order valence-electron chi connectivity index (χ1n) is 4.99. The van der Waals surface area contributed by atoms with Crippen molar-refractivity contribution in [3.8, 4) is 0 Å². The number of rotatable bonds is 7. The third-order valence-electron chi connectivity index (χ3n) is 1.93. The molecule has 3 nitrogen and oxygen atoms in total. The molecule has 78 valence electrons. The van der Waals surface area contributed by atoms with E-state index in [9.17, 15) is 4.79 Å². The molecule has 0 rings (SSSR count). The predicted molar refractivity (Wildman–Crippen MR) is 53.6 cm³/mol. The Bertz CT molecular complexity index is 137. The number of hydrogen-bond donors (Lipinski definition) is 1. The number of nitrogens with one attached hydrogen (secondary N) is 1. The Morgan fingerprint density at radius 1 is 1.54 bits per heavy atom. The number of ether oxygens (including phenoxy) is 1. The van der Waals surface area contributed by atoms with Gasteiger partial charge in [-0.15, -0.1) is 0 Å². The highest BCUT2D eigenvalue weighted by Gasteiger charge is 2.05. The zero-order chi connectivity index (χ0) is 10.1. The normalized spacial score (nSPS) is 12.5. The van der Waals surface area contributed by atoms with Crippen LogP contribution in [0.2, 0.25) is 0 Å². The zero-order valence-corrected chi connectivity index (χ0v) is 8.93. The fraction of sp³-hybridized carbons (Fsp3) is 0.900. The summed E-state index contributed by atoms with van der Waals surface area (Å²) >= 11 is 0. The fourth-order valence-corrected chi connectivity index (χ4v) is 1.12. The largest absolute Gasteiger partial charge is 0.384 e. The number of methoxy groups -OCH3 is 1. The van der Waals surface area contributed by atoms with E-state index in [-0.39, 0.29) is 5.91 Å². The summed E-state index contributed by atoms with van der Waals surface area (Å²) in [5, 5.41) is 2.93. The molecule has 1 N–H and O–H groups in total. The van der Waals surface area contributed by atoms with Gasteiger partial charge in [-0.25, -0.2) is 0 Å². The summed E-state index contributed by atoms with van der Waals surface area (Å²) in [6.07, 6.45) is 3.88. The lowest BCUT2D eigenvalue weighted by atomic mass is 10.1. The molecular weight excluding hydrogens is 166 g/mol. The number of hydrogen-bond acceptors (Lipinski definition) is 2. The van der Waals surface area contributed by atoms with Crippen LogP contribution >= 0.6 is 0 Å². The van der Waals surface area contributed by atoms with Crippen LogP contribution in [0.5, 0.6) is 0 Å². The first-order valence-corrected chi connectivity index (χ1v) is 4.99. The fourth-order valence-electron chi connectivity index (χ4n) is 1.12. The molecule has 0 aromatic heterocycles. The maximum atomic E-state index is 11.2. The van der Waals surface area contributed by atoms with Crippen molar-refractivity contribution in [2.75, 3.05) is 13.7 Å². The maximum Gasteiger partial charge on any atom is 0.222 e. The highest BCUT2D eigenvalue weighted by molar-refractivity contribution is 5.76. The Kier molecular flexibility index (Phi) is 7.69. The van der Waals surface area contributed by atoms with Crippen molar-refractivity contribution in [3.05, 3.63) is 0 Å². The van der Waals surface area contributed by atoms with Gasteiger partial charge in [0.2, 0.25) is 5.91 Å². The van der Waals surface area contributed by atoms with E-state index < -0.39 is 0 Å². The van der Waals surface area contributed by atoms with Gasteiger partial charge in [0, 0.05) is 19.6 Å². The van der Waals surface area contributed by atoms with Gasteiger partial charge in [0.15, 0.2) is 0 Å². The molecule has 0 saturated carbocycles. The van der Waals surface area contributed by atoms with Crippen molar-refractivity contribution in [1.29, 1.82) is 0 Å². The molecule has 0 aromatic rings. The molecule has 0 aliphatic carbocycles. The van der Waals surface area contributed by atoms with E-state index in [1.807, 2.05) is 6.92 Å².